The van der Waals surface area contributed by atoms with Crippen LogP contribution in [0.3, 0.4) is 0 Å². The Labute approximate surface area is 254 Å². The summed E-state index contributed by atoms with van der Waals surface area (Å²) in [7, 11) is 0. The minimum atomic E-state index is -2.63. The zero-order valence-electron chi connectivity index (χ0n) is 23.7. The molecule has 4 saturated heterocycles. The van der Waals surface area contributed by atoms with E-state index in [1.54, 1.807) is 0 Å². The molecule has 0 aromatic rings. The van der Waals surface area contributed by atoms with Gasteiger partial charge in [-0.15, -0.1) is 0 Å². The molecule has 45 heavy (non-hydrogen) atoms. The maximum Gasteiger partial charge on any atom is 0.224 e. The molecule has 4 aliphatic heterocycles. The third kappa shape index (κ3) is 6.14. The van der Waals surface area contributed by atoms with Crippen LogP contribution in [-0.4, -0.2) is 221 Å². The van der Waals surface area contributed by atoms with Crippen molar-refractivity contribution in [1.82, 2.24) is 0 Å². The van der Waals surface area contributed by atoms with Crippen LogP contribution in [0.15, 0.2) is 0 Å². The van der Waals surface area contributed by atoms with E-state index in [0.717, 1.165) is 0 Å². The smallest absolute Gasteiger partial charge is 0.224 e. The summed E-state index contributed by atoms with van der Waals surface area (Å²) in [5.41, 5.74) is 0. The molecule has 0 aromatic carbocycles. The van der Waals surface area contributed by atoms with Gasteiger partial charge in [-0.25, -0.2) is 0 Å². The van der Waals surface area contributed by atoms with Crippen LogP contribution in [0, 0.1) is 0 Å². The third-order valence-electron chi connectivity index (χ3n) is 8.59. The Morgan fingerprint density at radius 2 is 0.667 bits per heavy atom. The molecular formula is C24H42O21. The third-order valence-corrected chi connectivity index (χ3v) is 8.59. The molecule has 4 fully saturated rings. The van der Waals surface area contributed by atoms with E-state index in [0.29, 0.717) is 0 Å². The van der Waals surface area contributed by atoms with Gasteiger partial charge in [0.1, 0.15) is 99.7 Å². The molecule has 21 nitrogen and oxygen atoms in total. The van der Waals surface area contributed by atoms with Crippen LogP contribution in [0.2, 0.25) is 0 Å². The van der Waals surface area contributed by atoms with Gasteiger partial charge in [0, 0.05) is 0 Å². The molecule has 4 rings (SSSR count). The Balaban J connectivity index is 1.44. The number of aliphatic hydroxyl groups is 14. The second kappa shape index (κ2) is 13.9. The van der Waals surface area contributed by atoms with Gasteiger partial charge < -0.3 is 105 Å². The lowest BCUT2D eigenvalue weighted by molar-refractivity contribution is -0.395. The number of aliphatic hydroxyl groups excluding tert-OH is 14. The van der Waals surface area contributed by atoms with Gasteiger partial charge in [-0.05, 0) is 0 Å². The van der Waals surface area contributed by atoms with Crippen molar-refractivity contribution in [3.05, 3.63) is 0 Å². The van der Waals surface area contributed by atoms with E-state index in [1.807, 2.05) is 0 Å². The molecule has 16 unspecified atom stereocenters. The fourth-order valence-electron chi connectivity index (χ4n) is 5.82. The first kappa shape index (κ1) is 37.0. The molecular weight excluding hydrogens is 624 g/mol. The minimum absolute atomic E-state index is 0.735. The van der Waals surface area contributed by atoms with Gasteiger partial charge in [0.2, 0.25) is 23.1 Å². The van der Waals surface area contributed by atoms with Crippen molar-refractivity contribution in [2.45, 2.75) is 96.4 Å². The first-order valence-electron chi connectivity index (χ1n) is 14.0. The molecule has 0 aromatic heterocycles. The highest BCUT2D eigenvalue weighted by atomic mass is 16.8. The van der Waals surface area contributed by atoms with Gasteiger partial charge in [-0.2, -0.15) is 0 Å². The highest BCUT2D eigenvalue weighted by Gasteiger charge is 2.65. The predicted molar refractivity (Wildman–Crippen MR) is 134 cm³/mol. The fourth-order valence-corrected chi connectivity index (χ4v) is 5.82. The predicted octanol–water partition coefficient (Wildman–Crippen LogP) is -9.74. The molecule has 14 N–H and O–H groups in total. The topological polar surface area (TPSA) is 348 Å². The lowest BCUT2D eigenvalue weighted by atomic mass is 10.0. The zero-order chi connectivity index (χ0) is 33.5. The Morgan fingerprint density at radius 1 is 0.400 bits per heavy atom. The van der Waals surface area contributed by atoms with Crippen molar-refractivity contribution < 1.29 is 105 Å². The monoisotopic (exact) mass is 666 g/mol. The summed E-state index contributed by atoms with van der Waals surface area (Å²) in [5, 5.41) is 142. The van der Waals surface area contributed by atoms with Crippen molar-refractivity contribution in [2.75, 3.05) is 52.9 Å². The molecule has 0 saturated carbocycles. The Bertz CT molecular complexity index is 979. The van der Waals surface area contributed by atoms with E-state index in [4.69, 9.17) is 33.2 Å². The lowest BCUT2D eigenvalue weighted by Gasteiger charge is -2.40. The molecule has 0 aliphatic carbocycles. The first-order chi connectivity index (χ1) is 21.2. The molecule has 21 heteroatoms. The SMILES string of the molecule is OCC1OC(CO)(OCC2OC(CO)(OCC3OC(CO)(OC4(CO)OC(CO)C(O)C4O)C(O)C3O)C(O)C2O)C(O)C1O. The van der Waals surface area contributed by atoms with Crippen molar-refractivity contribution in [1.29, 1.82) is 0 Å². The highest BCUT2D eigenvalue weighted by Crippen LogP contribution is 2.42. The zero-order valence-corrected chi connectivity index (χ0v) is 23.7. The maximum absolute atomic E-state index is 10.8. The highest BCUT2D eigenvalue weighted by molar-refractivity contribution is 5.04. The van der Waals surface area contributed by atoms with Crippen molar-refractivity contribution in [2.24, 2.45) is 0 Å². The van der Waals surface area contributed by atoms with Gasteiger partial charge in [0.05, 0.1) is 26.4 Å². The number of rotatable bonds is 14. The Morgan fingerprint density at radius 3 is 0.978 bits per heavy atom. The summed E-state index contributed by atoms with van der Waals surface area (Å²) >= 11 is 0. The van der Waals surface area contributed by atoms with Crippen molar-refractivity contribution in [3.63, 3.8) is 0 Å². The van der Waals surface area contributed by atoms with E-state index in [1.165, 1.54) is 0 Å². The molecule has 4 aliphatic rings. The van der Waals surface area contributed by atoms with Crippen LogP contribution in [0.4, 0.5) is 0 Å². The Hall–Kier alpha value is -0.840. The van der Waals surface area contributed by atoms with Crippen LogP contribution in [0.25, 0.3) is 0 Å². The first-order valence-corrected chi connectivity index (χ1v) is 14.0. The molecule has 0 amide bonds. The molecule has 4 heterocycles. The van der Waals surface area contributed by atoms with Gasteiger partial charge in [0.15, 0.2) is 0 Å². The van der Waals surface area contributed by atoms with E-state index >= 15 is 0 Å². The standard InChI is InChI=1S/C24H42O21/c25-1-9-13(31)17(35)21(5-27,41-9)39-3-11-15(33)18(36)22(6-28,43-11)40-4-12-16(34)20(38)24(8-30,44-12)45-23(7-29)19(37)14(32)10(2-26)42-23/h9-20,25-38H,1-8H2. The second-order valence-corrected chi connectivity index (χ2v) is 11.3. The fraction of sp³-hybridized carbons (Fsp3) is 1.00. The largest absolute Gasteiger partial charge is 0.394 e. The van der Waals surface area contributed by atoms with Crippen LogP contribution < -0.4 is 0 Å². The molecule has 0 radical (unpaired) electrons. The summed E-state index contributed by atoms with van der Waals surface area (Å²) in [6, 6.07) is 0. The average Bonchev–Trinajstić information content (AvgIpc) is 3.64. The van der Waals surface area contributed by atoms with Crippen molar-refractivity contribution in [3.8, 4) is 0 Å². The quantitative estimate of drug-likeness (QED) is 0.0818. The average molecular weight is 667 g/mol. The summed E-state index contributed by atoms with van der Waals surface area (Å²) in [4.78, 5) is 0. The van der Waals surface area contributed by atoms with E-state index in [-0.39, 0.29) is 0 Å². The normalized spacial score (nSPS) is 51.9. The summed E-state index contributed by atoms with van der Waals surface area (Å²) in [5.74, 6) is -9.86. The van der Waals surface area contributed by atoms with Gasteiger partial charge >= 0.3 is 0 Å². The molecule has 0 spiro atoms. The van der Waals surface area contributed by atoms with Crippen LogP contribution in [0.5, 0.6) is 0 Å². The number of hydrogen-bond acceptors (Lipinski definition) is 21. The van der Waals surface area contributed by atoms with E-state index in [9.17, 15) is 71.5 Å². The van der Waals surface area contributed by atoms with Crippen LogP contribution in [0.1, 0.15) is 0 Å². The van der Waals surface area contributed by atoms with Gasteiger partial charge in [-0.3, -0.25) is 0 Å². The number of ether oxygens (including phenoxy) is 7. The number of hydrogen-bond donors (Lipinski definition) is 14. The summed E-state index contributed by atoms with van der Waals surface area (Å²) in [6.07, 6.45) is -21.2. The molecule has 264 valence electrons. The summed E-state index contributed by atoms with van der Waals surface area (Å²) < 4.78 is 38.0. The van der Waals surface area contributed by atoms with Gasteiger partial charge in [-0.1, -0.05) is 0 Å². The molecule has 16 atom stereocenters. The second-order valence-electron chi connectivity index (χ2n) is 11.3. The van der Waals surface area contributed by atoms with Crippen LogP contribution in [-0.2, 0) is 33.2 Å². The maximum atomic E-state index is 10.8. The van der Waals surface area contributed by atoms with E-state index < -0.39 is 149 Å². The molecule has 0 bridgehead atoms. The lowest BCUT2D eigenvalue weighted by Crippen LogP contribution is -2.59. The van der Waals surface area contributed by atoms with E-state index in [2.05, 4.69) is 0 Å². The summed E-state index contributed by atoms with van der Waals surface area (Å²) in [6.45, 7) is -7.68. The van der Waals surface area contributed by atoms with Crippen LogP contribution >= 0.6 is 0 Å². The van der Waals surface area contributed by atoms with Gasteiger partial charge in [0.25, 0.3) is 0 Å². The minimum Gasteiger partial charge on any atom is -0.394 e. The van der Waals surface area contributed by atoms with Crippen molar-refractivity contribution >= 4 is 0 Å². The Kier molecular flexibility index (Phi) is 11.5.